The van der Waals surface area contributed by atoms with E-state index in [1.54, 1.807) is 0 Å². The Kier molecular flexibility index (Phi) is 3.69. The highest BCUT2D eigenvalue weighted by Crippen LogP contribution is 2.52. The molecule has 21 heavy (non-hydrogen) atoms. The van der Waals surface area contributed by atoms with Crippen molar-refractivity contribution in [3.63, 3.8) is 0 Å². The Morgan fingerprint density at radius 1 is 1.62 bits per heavy atom. The first-order valence-electron chi connectivity index (χ1n) is 5.78. The molecule has 0 bridgehead atoms. The van der Waals surface area contributed by atoms with Gasteiger partial charge in [0.2, 0.25) is 0 Å². The van der Waals surface area contributed by atoms with Crippen LogP contribution in [0.5, 0.6) is 6.01 Å². The van der Waals surface area contributed by atoms with Gasteiger partial charge in [0.25, 0.3) is 0 Å². The summed E-state index contributed by atoms with van der Waals surface area (Å²) >= 11 is 3.05. The van der Waals surface area contributed by atoms with Gasteiger partial charge in [0.15, 0.2) is 11.7 Å². The molecule has 3 rings (SSSR count). The van der Waals surface area contributed by atoms with E-state index in [4.69, 9.17) is 14.7 Å². The van der Waals surface area contributed by atoms with Gasteiger partial charge in [-0.1, -0.05) is 0 Å². The van der Waals surface area contributed by atoms with Crippen LogP contribution in [0.15, 0.2) is 10.7 Å². The van der Waals surface area contributed by atoms with E-state index in [2.05, 4.69) is 25.4 Å². The third kappa shape index (κ3) is 2.66. The molecule has 3 heterocycles. The molecule has 5 atom stereocenters. The van der Waals surface area contributed by atoms with E-state index in [0.717, 1.165) is 4.57 Å². The van der Waals surface area contributed by atoms with E-state index in [9.17, 15) is 19.7 Å². The quantitative estimate of drug-likeness (QED) is 0.521. The number of aliphatic hydroxyl groups is 1. The molecule has 2 aliphatic heterocycles. The van der Waals surface area contributed by atoms with Crippen molar-refractivity contribution in [3.8, 4) is 6.01 Å². The molecular formula is C9H10BrN3O7P-. The van der Waals surface area contributed by atoms with Crippen LogP contribution < -0.4 is 10.6 Å². The van der Waals surface area contributed by atoms with E-state index in [1.807, 2.05) is 0 Å². The minimum Gasteiger partial charge on any atom is -0.846 e. The molecule has 0 amide bonds. The summed E-state index contributed by atoms with van der Waals surface area (Å²) in [5, 5.41) is 29.4. The van der Waals surface area contributed by atoms with Gasteiger partial charge in [0, 0.05) is 6.20 Å². The molecule has 10 nitrogen and oxygen atoms in total. The van der Waals surface area contributed by atoms with Crippen LogP contribution in [0.1, 0.15) is 6.23 Å². The van der Waals surface area contributed by atoms with Gasteiger partial charge in [-0.25, -0.2) is 9.55 Å². The number of ether oxygens (including phenoxy) is 1. The zero-order valence-corrected chi connectivity index (χ0v) is 12.7. The molecule has 0 saturated carbocycles. The van der Waals surface area contributed by atoms with Crippen molar-refractivity contribution >= 4 is 23.8 Å². The normalized spacial score (nSPS) is 39.2. The van der Waals surface area contributed by atoms with Gasteiger partial charge in [-0.05, 0) is 15.9 Å². The molecule has 116 valence electrons. The van der Waals surface area contributed by atoms with Crippen LogP contribution in [-0.2, 0) is 18.3 Å². The highest BCUT2D eigenvalue weighted by Gasteiger charge is 2.52. The van der Waals surface area contributed by atoms with Crippen LogP contribution >= 0.6 is 23.8 Å². The van der Waals surface area contributed by atoms with E-state index < -0.39 is 38.4 Å². The standard InChI is InChI=1S/C9H11BrN3O7P/c10-3-1-13(9(15)12-7(3)11)8-5(14)6-4(19-8)2-18-21(16,17)20-6/h1,4-6,8,14H,2H2,(H,16,17)(H2,11,12,15)/p-1/t4?,5-,6?,8-/m1/s1. The van der Waals surface area contributed by atoms with Crippen molar-refractivity contribution in [2.45, 2.75) is 24.5 Å². The number of nitrogens with zero attached hydrogens (tertiary/aromatic N) is 2. The van der Waals surface area contributed by atoms with Crippen LogP contribution in [0.3, 0.4) is 0 Å². The predicted octanol–water partition coefficient (Wildman–Crippen LogP) is -1.03. The molecule has 1 aromatic heterocycles. The van der Waals surface area contributed by atoms with Gasteiger partial charge in [0.05, 0.1) is 17.1 Å². The van der Waals surface area contributed by atoms with Crippen molar-refractivity contribution in [1.82, 2.24) is 9.55 Å². The lowest BCUT2D eigenvalue weighted by atomic mass is 10.1. The number of rotatable bonds is 1. The van der Waals surface area contributed by atoms with Gasteiger partial charge in [-0.15, -0.1) is 0 Å². The summed E-state index contributed by atoms with van der Waals surface area (Å²) in [6.45, 7) is -0.244. The second-order valence-corrected chi connectivity index (χ2v) is 6.78. The lowest BCUT2D eigenvalue weighted by molar-refractivity contribution is -0.292. The van der Waals surface area contributed by atoms with Gasteiger partial charge in [-0.3, -0.25) is 14.5 Å². The summed E-state index contributed by atoms with van der Waals surface area (Å²) in [5.74, 6) is 0. The van der Waals surface area contributed by atoms with Crippen LogP contribution in [0, 0.1) is 5.41 Å². The van der Waals surface area contributed by atoms with Crippen LogP contribution in [-0.4, -0.2) is 44.5 Å². The molecule has 2 aliphatic rings. The summed E-state index contributed by atoms with van der Waals surface area (Å²) in [6, 6.07) is -0.793. The number of phosphoric acid groups is 1. The Balaban J connectivity index is 1.93. The summed E-state index contributed by atoms with van der Waals surface area (Å²) in [5.41, 5.74) is -0.249. The monoisotopic (exact) mass is 382 g/mol. The van der Waals surface area contributed by atoms with E-state index >= 15 is 0 Å². The molecule has 0 spiro atoms. The van der Waals surface area contributed by atoms with Crippen molar-refractivity contribution in [2.75, 3.05) is 6.61 Å². The second-order valence-electron chi connectivity index (χ2n) is 4.52. The van der Waals surface area contributed by atoms with Crippen LogP contribution in [0.2, 0.25) is 0 Å². The minimum absolute atomic E-state index is 0.234. The maximum Gasteiger partial charge on any atom is 0.472 e. The van der Waals surface area contributed by atoms with Crippen LogP contribution in [0.25, 0.3) is 0 Å². The SMILES string of the molecule is N=c1nc([O-])n([C@@H]2OC3COP(=O)(O)OC3[C@H]2O)cc1Br. The molecule has 2 saturated heterocycles. The van der Waals surface area contributed by atoms with E-state index in [1.165, 1.54) is 6.20 Å². The summed E-state index contributed by atoms with van der Waals surface area (Å²) in [4.78, 5) is 12.7. The molecule has 0 aliphatic carbocycles. The topological polar surface area (TPSA) is 150 Å². The van der Waals surface area contributed by atoms with Gasteiger partial charge in [0.1, 0.15) is 18.3 Å². The van der Waals surface area contributed by atoms with Crippen molar-refractivity contribution in [1.29, 1.82) is 5.41 Å². The molecule has 0 aromatic carbocycles. The Morgan fingerprint density at radius 3 is 3.05 bits per heavy atom. The first kappa shape index (κ1) is 15.1. The van der Waals surface area contributed by atoms with E-state index in [-0.39, 0.29) is 16.6 Å². The summed E-state index contributed by atoms with van der Waals surface area (Å²) in [6.07, 6.45) is -3.15. The predicted molar refractivity (Wildman–Crippen MR) is 65.8 cm³/mol. The summed E-state index contributed by atoms with van der Waals surface area (Å²) < 4.78 is 27.4. The third-order valence-electron chi connectivity index (χ3n) is 3.15. The van der Waals surface area contributed by atoms with Crippen LogP contribution in [0.4, 0.5) is 0 Å². The number of aromatic nitrogens is 2. The number of fused-ring (bicyclic) bond motifs is 1. The second kappa shape index (κ2) is 5.13. The molecule has 3 unspecified atom stereocenters. The molecule has 12 heteroatoms. The van der Waals surface area contributed by atoms with Crippen molar-refractivity contribution in [3.05, 3.63) is 16.2 Å². The fourth-order valence-electron chi connectivity index (χ4n) is 2.19. The van der Waals surface area contributed by atoms with E-state index in [0.29, 0.717) is 0 Å². The smallest absolute Gasteiger partial charge is 0.472 e. The van der Waals surface area contributed by atoms with Gasteiger partial charge in [-0.2, -0.15) is 0 Å². The van der Waals surface area contributed by atoms with Gasteiger partial charge >= 0.3 is 7.82 Å². The Bertz CT molecular complexity index is 682. The number of aliphatic hydroxyl groups excluding tert-OH is 1. The van der Waals surface area contributed by atoms with Gasteiger partial charge < -0.3 is 24.4 Å². The lowest BCUT2D eigenvalue weighted by Crippen LogP contribution is -2.39. The number of halogens is 1. The Morgan fingerprint density at radius 2 is 2.33 bits per heavy atom. The number of hydrogen-bond donors (Lipinski definition) is 3. The summed E-state index contributed by atoms with van der Waals surface area (Å²) in [7, 11) is -4.22. The third-order valence-corrected chi connectivity index (χ3v) is 4.71. The average molecular weight is 383 g/mol. The van der Waals surface area contributed by atoms with Crippen molar-refractivity contribution < 1.29 is 33.5 Å². The molecular weight excluding hydrogens is 373 g/mol. The Labute approximate surface area is 126 Å². The lowest BCUT2D eigenvalue weighted by Gasteiger charge is -2.28. The number of hydrogen-bond acceptors (Lipinski definition) is 8. The fourth-order valence-corrected chi connectivity index (χ4v) is 3.47. The molecule has 2 fully saturated rings. The Hall–Kier alpha value is -0.810. The maximum atomic E-state index is 11.8. The zero-order valence-electron chi connectivity index (χ0n) is 10.2. The maximum absolute atomic E-state index is 11.8. The molecule has 0 radical (unpaired) electrons. The fraction of sp³-hybridized carbons (Fsp3) is 0.556. The zero-order chi connectivity index (χ0) is 15.4. The van der Waals surface area contributed by atoms with Crippen molar-refractivity contribution in [2.24, 2.45) is 0 Å². The first-order chi connectivity index (χ1) is 9.78. The molecule has 3 N–H and O–H groups in total. The average Bonchev–Trinajstić information content (AvgIpc) is 2.70. The largest absolute Gasteiger partial charge is 0.846 e. The first-order valence-corrected chi connectivity index (χ1v) is 8.07. The minimum atomic E-state index is -4.22. The number of phosphoric ester groups is 1. The molecule has 1 aromatic rings. The number of nitrogens with one attached hydrogen (secondary N) is 1. The highest BCUT2D eigenvalue weighted by atomic mass is 79.9. The highest BCUT2D eigenvalue weighted by molar-refractivity contribution is 9.10.